The molecule has 2 N–H and O–H groups in total. The van der Waals surface area contributed by atoms with E-state index in [2.05, 4.69) is 0 Å². The highest BCUT2D eigenvalue weighted by Crippen LogP contribution is 2.36. The molecule has 0 saturated heterocycles. The van der Waals surface area contributed by atoms with Gasteiger partial charge in [0.25, 0.3) is 0 Å². The Hall–Kier alpha value is -2.16. The highest BCUT2D eigenvalue weighted by molar-refractivity contribution is 5.49. The fraction of sp³-hybridized carbons (Fsp3) is 0.0769. The summed E-state index contributed by atoms with van der Waals surface area (Å²) in [7, 11) is 0. The Kier molecular flexibility index (Phi) is 2.68. The maximum absolute atomic E-state index is 9.64. The van der Waals surface area contributed by atoms with Crippen LogP contribution in [0, 0.1) is 6.92 Å². The van der Waals surface area contributed by atoms with E-state index in [0.29, 0.717) is 11.5 Å². The van der Waals surface area contributed by atoms with Crippen molar-refractivity contribution in [3.8, 4) is 23.0 Å². The van der Waals surface area contributed by atoms with Gasteiger partial charge in [0, 0.05) is 0 Å². The van der Waals surface area contributed by atoms with Crippen LogP contribution in [-0.2, 0) is 0 Å². The van der Waals surface area contributed by atoms with E-state index in [-0.39, 0.29) is 11.5 Å². The number of benzene rings is 2. The monoisotopic (exact) mass is 216 g/mol. The van der Waals surface area contributed by atoms with E-state index in [1.165, 1.54) is 6.07 Å². The van der Waals surface area contributed by atoms with Crippen LogP contribution in [0.5, 0.6) is 23.0 Å². The van der Waals surface area contributed by atoms with Gasteiger partial charge < -0.3 is 14.9 Å². The Balaban J connectivity index is 2.38. The second-order valence-corrected chi connectivity index (χ2v) is 3.49. The number of ether oxygens (including phenoxy) is 1. The van der Waals surface area contributed by atoms with Gasteiger partial charge in [-0.2, -0.15) is 0 Å². The molecule has 0 aliphatic rings. The summed E-state index contributed by atoms with van der Waals surface area (Å²) in [4.78, 5) is 0. The summed E-state index contributed by atoms with van der Waals surface area (Å²) in [5.41, 5.74) is 0.809. The fourth-order valence-electron chi connectivity index (χ4n) is 1.42. The number of para-hydroxylation sites is 3. The van der Waals surface area contributed by atoms with Gasteiger partial charge in [-0.3, -0.25) is 0 Å². The van der Waals surface area contributed by atoms with Crippen molar-refractivity contribution in [3.05, 3.63) is 48.0 Å². The summed E-state index contributed by atoms with van der Waals surface area (Å²) in [6.45, 7) is 1.83. The molecule has 2 aromatic carbocycles. The second kappa shape index (κ2) is 4.14. The van der Waals surface area contributed by atoms with E-state index in [0.717, 1.165) is 5.56 Å². The van der Waals surface area contributed by atoms with Crippen LogP contribution in [0.3, 0.4) is 0 Å². The smallest absolute Gasteiger partial charge is 0.172 e. The van der Waals surface area contributed by atoms with Crippen molar-refractivity contribution in [1.82, 2.24) is 0 Å². The SMILES string of the molecule is Cc1cccc(O)c1Oc1ccccc1O. The van der Waals surface area contributed by atoms with Gasteiger partial charge in [-0.15, -0.1) is 0 Å². The normalized spacial score (nSPS) is 10.1. The summed E-state index contributed by atoms with van der Waals surface area (Å²) < 4.78 is 5.47. The molecule has 3 nitrogen and oxygen atoms in total. The van der Waals surface area contributed by atoms with E-state index in [4.69, 9.17) is 4.74 Å². The first-order valence-corrected chi connectivity index (χ1v) is 4.93. The van der Waals surface area contributed by atoms with Crippen LogP contribution < -0.4 is 4.74 Å². The first kappa shape index (κ1) is 10.4. The first-order chi connectivity index (χ1) is 7.68. The molecular formula is C13H12O3. The van der Waals surface area contributed by atoms with Gasteiger partial charge in [0.15, 0.2) is 23.0 Å². The topological polar surface area (TPSA) is 49.7 Å². The number of hydrogen-bond acceptors (Lipinski definition) is 3. The van der Waals surface area contributed by atoms with Crippen LogP contribution in [0.4, 0.5) is 0 Å². The molecule has 82 valence electrons. The fourth-order valence-corrected chi connectivity index (χ4v) is 1.42. The summed E-state index contributed by atoms with van der Waals surface area (Å²) in [6.07, 6.45) is 0. The van der Waals surface area contributed by atoms with Crippen molar-refractivity contribution in [2.24, 2.45) is 0 Å². The molecule has 0 aliphatic carbocycles. The lowest BCUT2D eigenvalue weighted by atomic mass is 10.2. The number of aromatic hydroxyl groups is 2. The highest BCUT2D eigenvalue weighted by Gasteiger charge is 2.09. The van der Waals surface area contributed by atoms with Gasteiger partial charge in [0.1, 0.15) is 0 Å². The van der Waals surface area contributed by atoms with Crippen molar-refractivity contribution in [2.45, 2.75) is 6.92 Å². The zero-order valence-electron chi connectivity index (χ0n) is 8.84. The number of hydrogen-bond donors (Lipinski definition) is 2. The van der Waals surface area contributed by atoms with Crippen LogP contribution in [-0.4, -0.2) is 10.2 Å². The van der Waals surface area contributed by atoms with Gasteiger partial charge in [0.2, 0.25) is 0 Å². The van der Waals surface area contributed by atoms with Crippen molar-refractivity contribution >= 4 is 0 Å². The minimum atomic E-state index is 0.0464. The minimum absolute atomic E-state index is 0.0464. The van der Waals surface area contributed by atoms with Crippen LogP contribution in [0.1, 0.15) is 5.56 Å². The van der Waals surface area contributed by atoms with Crippen molar-refractivity contribution in [3.63, 3.8) is 0 Å². The molecule has 2 aromatic rings. The van der Waals surface area contributed by atoms with Crippen LogP contribution >= 0.6 is 0 Å². The molecule has 0 aliphatic heterocycles. The number of phenolic OH excluding ortho intramolecular Hbond substituents is 2. The molecule has 0 spiro atoms. The molecule has 0 fully saturated rings. The van der Waals surface area contributed by atoms with E-state index in [1.807, 2.05) is 13.0 Å². The molecular weight excluding hydrogens is 204 g/mol. The lowest BCUT2D eigenvalue weighted by Gasteiger charge is -2.11. The highest BCUT2D eigenvalue weighted by atomic mass is 16.5. The second-order valence-electron chi connectivity index (χ2n) is 3.49. The van der Waals surface area contributed by atoms with Crippen LogP contribution in [0.15, 0.2) is 42.5 Å². The van der Waals surface area contributed by atoms with E-state index < -0.39 is 0 Å². The molecule has 0 amide bonds. The predicted octanol–water partition coefficient (Wildman–Crippen LogP) is 3.20. The number of rotatable bonds is 2. The lowest BCUT2D eigenvalue weighted by molar-refractivity contribution is 0.383. The van der Waals surface area contributed by atoms with E-state index in [1.54, 1.807) is 30.3 Å². The standard InChI is InChI=1S/C13H12O3/c1-9-5-4-7-11(15)13(9)16-12-8-3-2-6-10(12)14/h2-8,14-15H,1H3. The molecule has 0 bridgehead atoms. The van der Waals surface area contributed by atoms with Gasteiger partial charge >= 0.3 is 0 Å². The van der Waals surface area contributed by atoms with E-state index >= 15 is 0 Å². The predicted molar refractivity (Wildman–Crippen MR) is 61.0 cm³/mol. The van der Waals surface area contributed by atoms with Crippen LogP contribution in [0.25, 0.3) is 0 Å². The molecule has 0 saturated carbocycles. The Bertz CT molecular complexity index is 486. The molecule has 0 radical (unpaired) electrons. The third-order valence-electron chi connectivity index (χ3n) is 2.27. The average Bonchev–Trinajstić information content (AvgIpc) is 2.26. The number of aryl methyl sites for hydroxylation is 1. The Labute approximate surface area is 93.6 Å². The summed E-state index contributed by atoms with van der Waals surface area (Å²) in [5.74, 6) is 0.796. The zero-order chi connectivity index (χ0) is 11.5. The molecule has 0 atom stereocenters. The summed E-state index contributed by atoms with van der Waals surface area (Å²) in [5, 5.41) is 19.2. The molecule has 0 unspecified atom stereocenters. The third-order valence-corrected chi connectivity index (χ3v) is 2.27. The molecule has 0 aromatic heterocycles. The van der Waals surface area contributed by atoms with Gasteiger partial charge in [-0.05, 0) is 30.7 Å². The van der Waals surface area contributed by atoms with Gasteiger partial charge in [0.05, 0.1) is 0 Å². The molecule has 2 rings (SSSR count). The molecule has 0 heterocycles. The van der Waals surface area contributed by atoms with Crippen LogP contribution in [0.2, 0.25) is 0 Å². The Morgan fingerprint density at radius 1 is 0.875 bits per heavy atom. The van der Waals surface area contributed by atoms with Crippen molar-refractivity contribution < 1.29 is 14.9 Å². The van der Waals surface area contributed by atoms with E-state index in [9.17, 15) is 10.2 Å². The Morgan fingerprint density at radius 2 is 1.56 bits per heavy atom. The quantitative estimate of drug-likeness (QED) is 0.810. The van der Waals surface area contributed by atoms with Crippen molar-refractivity contribution in [2.75, 3.05) is 0 Å². The number of phenols is 2. The van der Waals surface area contributed by atoms with Crippen molar-refractivity contribution in [1.29, 1.82) is 0 Å². The summed E-state index contributed by atoms with van der Waals surface area (Å²) >= 11 is 0. The summed E-state index contributed by atoms with van der Waals surface area (Å²) in [6, 6.07) is 11.7. The maximum Gasteiger partial charge on any atom is 0.172 e. The first-order valence-electron chi connectivity index (χ1n) is 4.93. The lowest BCUT2D eigenvalue weighted by Crippen LogP contribution is -1.88. The maximum atomic E-state index is 9.64. The zero-order valence-corrected chi connectivity index (χ0v) is 8.84. The molecule has 16 heavy (non-hydrogen) atoms. The minimum Gasteiger partial charge on any atom is -0.504 e. The third kappa shape index (κ3) is 1.93. The average molecular weight is 216 g/mol. The van der Waals surface area contributed by atoms with Gasteiger partial charge in [-0.25, -0.2) is 0 Å². The Morgan fingerprint density at radius 3 is 2.25 bits per heavy atom. The molecule has 3 heteroatoms. The largest absolute Gasteiger partial charge is 0.504 e. The van der Waals surface area contributed by atoms with Gasteiger partial charge in [-0.1, -0.05) is 24.3 Å².